The van der Waals surface area contributed by atoms with Crippen LogP contribution in [0.1, 0.15) is 40.0 Å². The number of hydrogen-bond acceptors (Lipinski definition) is 2. The van der Waals surface area contributed by atoms with Crippen molar-refractivity contribution in [1.29, 1.82) is 0 Å². The second-order valence-electron chi connectivity index (χ2n) is 5.25. The van der Waals surface area contributed by atoms with Gasteiger partial charge in [-0.3, -0.25) is 4.99 Å². The first-order chi connectivity index (χ1) is 8.74. The van der Waals surface area contributed by atoms with E-state index in [0.29, 0.717) is 5.92 Å². The van der Waals surface area contributed by atoms with Crippen molar-refractivity contribution in [3.8, 4) is 0 Å². The molecular formula is C14H30IN3O. The Morgan fingerprint density at radius 2 is 2.00 bits per heavy atom. The van der Waals surface area contributed by atoms with Gasteiger partial charge < -0.3 is 15.0 Å². The Hall–Kier alpha value is -0.0400. The Balaban J connectivity index is 0.00000324. The fourth-order valence-electron chi connectivity index (χ4n) is 2.03. The van der Waals surface area contributed by atoms with Gasteiger partial charge in [-0.1, -0.05) is 13.8 Å². The molecule has 0 aliphatic carbocycles. The highest BCUT2D eigenvalue weighted by molar-refractivity contribution is 14.0. The zero-order valence-electron chi connectivity index (χ0n) is 12.7. The lowest BCUT2D eigenvalue weighted by atomic mass is 10.2. The molecule has 114 valence electrons. The lowest BCUT2D eigenvalue weighted by molar-refractivity contribution is 0.109. The third kappa shape index (κ3) is 8.68. The summed E-state index contributed by atoms with van der Waals surface area (Å²) in [5.74, 6) is 1.70. The number of ether oxygens (including phenoxy) is 1. The van der Waals surface area contributed by atoms with Crippen LogP contribution in [0.4, 0.5) is 0 Å². The van der Waals surface area contributed by atoms with Crippen LogP contribution < -0.4 is 5.32 Å². The summed E-state index contributed by atoms with van der Waals surface area (Å²) in [5.41, 5.74) is 0. The second-order valence-corrected chi connectivity index (χ2v) is 5.25. The van der Waals surface area contributed by atoms with Gasteiger partial charge in [0.05, 0.1) is 0 Å². The molecule has 0 aromatic heterocycles. The van der Waals surface area contributed by atoms with E-state index in [1.165, 1.54) is 12.8 Å². The van der Waals surface area contributed by atoms with Gasteiger partial charge in [-0.05, 0) is 32.1 Å². The maximum atomic E-state index is 5.56. The fraction of sp³-hybridized carbons (Fsp3) is 0.929. The normalized spacial score (nSPS) is 15.8. The molecule has 4 nitrogen and oxygen atoms in total. The summed E-state index contributed by atoms with van der Waals surface area (Å²) >= 11 is 0. The minimum Gasteiger partial charge on any atom is -0.381 e. The molecule has 0 atom stereocenters. The third-order valence-electron chi connectivity index (χ3n) is 2.90. The summed E-state index contributed by atoms with van der Waals surface area (Å²) in [6, 6.07) is 0. The smallest absolute Gasteiger partial charge is 0.193 e. The topological polar surface area (TPSA) is 36.9 Å². The first kappa shape index (κ1) is 19.0. The van der Waals surface area contributed by atoms with Crippen molar-refractivity contribution in [2.24, 2.45) is 10.9 Å². The van der Waals surface area contributed by atoms with Crippen LogP contribution in [0.5, 0.6) is 0 Å². The first-order valence-corrected chi connectivity index (χ1v) is 7.35. The average molecular weight is 383 g/mol. The standard InChI is InChI=1S/C14H29N3O.HI/c1-4-15-14(17-9-5-6-10-17)16-8-7-11-18-12-13(2)3;/h13H,4-12H2,1-3H3,(H,15,16);1H. The van der Waals surface area contributed by atoms with E-state index in [0.717, 1.165) is 51.8 Å². The van der Waals surface area contributed by atoms with Gasteiger partial charge in [0.1, 0.15) is 0 Å². The zero-order valence-corrected chi connectivity index (χ0v) is 15.0. The van der Waals surface area contributed by atoms with Crippen LogP contribution in [0.2, 0.25) is 0 Å². The lowest BCUT2D eigenvalue weighted by Crippen LogP contribution is -2.39. The van der Waals surface area contributed by atoms with E-state index < -0.39 is 0 Å². The number of nitrogens with zero attached hydrogens (tertiary/aromatic N) is 2. The van der Waals surface area contributed by atoms with Gasteiger partial charge in [-0.25, -0.2) is 0 Å². The maximum Gasteiger partial charge on any atom is 0.193 e. The Morgan fingerprint density at radius 3 is 2.58 bits per heavy atom. The van der Waals surface area contributed by atoms with Crippen LogP contribution in [0.3, 0.4) is 0 Å². The molecule has 0 saturated carbocycles. The fourth-order valence-corrected chi connectivity index (χ4v) is 2.03. The van der Waals surface area contributed by atoms with Gasteiger partial charge in [0, 0.05) is 39.4 Å². The van der Waals surface area contributed by atoms with E-state index in [1.54, 1.807) is 0 Å². The van der Waals surface area contributed by atoms with Gasteiger partial charge in [-0.2, -0.15) is 0 Å². The van der Waals surface area contributed by atoms with Crippen molar-refractivity contribution in [1.82, 2.24) is 10.2 Å². The van der Waals surface area contributed by atoms with Crippen LogP contribution in [-0.4, -0.2) is 50.3 Å². The van der Waals surface area contributed by atoms with Crippen molar-refractivity contribution in [3.05, 3.63) is 0 Å². The largest absolute Gasteiger partial charge is 0.381 e. The van der Waals surface area contributed by atoms with Crippen LogP contribution in [-0.2, 0) is 4.74 Å². The molecular weight excluding hydrogens is 353 g/mol. The molecule has 1 heterocycles. The predicted molar refractivity (Wildman–Crippen MR) is 92.5 cm³/mol. The predicted octanol–water partition coefficient (Wildman–Crippen LogP) is 2.73. The number of aliphatic imine (C=N–C) groups is 1. The molecule has 0 radical (unpaired) electrons. The van der Waals surface area contributed by atoms with Gasteiger partial charge in [0.15, 0.2) is 5.96 Å². The Kier molecular flexibility index (Phi) is 11.7. The van der Waals surface area contributed by atoms with Crippen LogP contribution in [0.25, 0.3) is 0 Å². The number of likely N-dealkylation sites (tertiary alicyclic amines) is 1. The third-order valence-corrected chi connectivity index (χ3v) is 2.90. The Labute approximate surface area is 135 Å². The van der Waals surface area contributed by atoms with Gasteiger partial charge in [0.25, 0.3) is 0 Å². The second kappa shape index (κ2) is 11.8. The first-order valence-electron chi connectivity index (χ1n) is 7.35. The van der Waals surface area contributed by atoms with E-state index in [1.807, 2.05) is 0 Å². The summed E-state index contributed by atoms with van der Waals surface area (Å²) in [5, 5.41) is 3.37. The van der Waals surface area contributed by atoms with Crippen LogP contribution in [0, 0.1) is 5.92 Å². The number of hydrogen-bond donors (Lipinski definition) is 1. The minimum absolute atomic E-state index is 0. The summed E-state index contributed by atoms with van der Waals surface area (Å²) in [7, 11) is 0. The quantitative estimate of drug-likeness (QED) is 0.318. The summed E-state index contributed by atoms with van der Waals surface area (Å²) < 4.78 is 5.56. The van der Waals surface area contributed by atoms with Crippen molar-refractivity contribution >= 4 is 29.9 Å². The summed E-state index contributed by atoms with van der Waals surface area (Å²) in [4.78, 5) is 7.02. The number of nitrogens with one attached hydrogen (secondary N) is 1. The SMILES string of the molecule is CCNC(=NCCCOCC(C)C)N1CCCC1.I. The van der Waals surface area contributed by atoms with Crippen molar-refractivity contribution in [3.63, 3.8) is 0 Å². The molecule has 19 heavy (non-hydrogen) atoms. The number of halogens is 1. The molecule has 0 bridgehead atoms. The monoisotopic (exact) mass is 383 g/mol. The van der Waals surface area contributed by atoms with E-state index in [9.17, 15) is 0 Å². The van der Waals surface area contributed by atoms with Gasteiger partial charge in [0.2, 0.25) is 0 Å². The molecule has 5 heteroatoms. The van der Waals surface area contributed by atoms with E-state index >= 15 is 0 Å². The molecule has 1 aliphatic rings. The van der Waals surface area contributed by atoms with E-state index in [4.69, 9.17) is 4.74 Å². The molecule has 0 spiro atoms. The van der Waals surface area contributed by atoms with Crippen LogP contribution >= 0.6 is 24.0 Å². The molecule has 1 aliphatic heterocycles. The van der Waals surface area contributed by atoms with Gasteiger partial charge >= 0.3 is 0 Å². The van der Waals surface area contributed by atoms with Crippen LogP contribution in [0.15, 0.2) is 4.99 Å². The number of guanidine groups is 1. The molecule has 1 saturated heterocycles. The van der Waals surface area contributed by atoms with E-state index in [2.05, 4.69) is 36.0 Å². The highest BCUT2D eigenvalue weighted by Crippen LogP contribution is 2.07. The molecule has 0 aromatic rings. The number of rotatable bonds is 7. The molecule has 0 amide bonds. The average Bonchev–Trinajstić information content (AvgIpc) is 2.85. The molecule has 0 aromatic carbocycles. The summed E-state index contributed by atoms with van der Waals surface area (Å²) in [6.45, 7) is 12.2. The Bertz CT molecular complexity index is 241. The Morgan fingerprint density at radius 1 is 1.32 bits per heavy atom. The highest BCUT2D eigenvalue weighted by atomic mass is 127. The van der Waals surface area contributed by atoms with Crippen molar-refractivity contribution < 1.29 is 4.74 Å². The molecule has 0 unspecified atom stereocenters. The lowest BCUT2D eigenvalue weighted by Gasteiger charge is -2.20. The van der Waals surface area contributed by atoms with Gasteiger partial charge in [-0.15, -0.1) is 24.0 Å². The van der Waals surface area contributed by atoms with Crippen molar-refractivity contribution in [2.45, 2.75) is 40.0 Å². The molecule has 1 N–H and O–H groups in total. The molecule has 1 rings (SSSR count). The highest BCUT2D eigenvalue weighted by Gasteiger charge is 2.14. The maximum absolute atomic E-state index is 5.56. The van der Waals surface area contributed by atoms with Crippen molar-refractivity contribution in [2.75, 3.05) is 39.4 Å². The zero-order chi connectivity index (χ0) is 13.2. The van der Waals surface area contributed by atoms with E-state index in [-0.39, 0.29) is 24.0 Å². The molecule has 1 fully saturated rings. The summed E-state index contributed by atoms with van der Waals surface area (Å²) in [6.07, 6.45) is 3.60. The minimum atomic E-state index is 0.